The van der Waals surface area contributed by atoms with Crippen molar-refractivity contribution < 1.29 is 14.4 Å². The predicted molar refractivity (Wildman–Crippen MR) is 112 cm³/mol. The number of thiophene rings is 1. The number of hydrogen-bond acceptors (Lipinski definition) is 4. The zero-order valence-corrected chi connectivity index (χ0v) is 17.8. The van der Waals surface area contributed by atoms with Crippen LogP contribution in [-0.4, -0.2) is 46.3 Å². The van der Waals surface area contributed by atoms with E-state index in [1.165, 1.54) is 16.2 Å². The summed E-state index contributed by atoms with van der Waals surface area (Å²) >= 11 is 1.44. The van der Waals surface area contributed by atoms with Crippen molar-refractivity contribution >= 4 is 29.2 Å². The number of carbonyl (C=O) groups excluding carboxylic acids is 3. The summed E-state index contributed by atoms with van der Waals surface area (Å²) in [5.41, 5.74) is 3.22. The van der Waals surface area contributed by atoms with Crippen molar-refractivity contribution in [3.8, 4) is 0 Å². The molecule has 2 aromatic rings. The molecule has 1 aromatic heterocycles. The SMILES string of the molecule is Cc1ccc(C)c(CN2C(=O)NC3(CCN(C(=O)c4sccc4C)CC3)C2=O)c1. The number of nitrogens with zero attached hydrogens (tertiary/aromatic N) is 2. The number of carbonyl (C=O) groups is 3. The van der Waals surface area contributed by atoms with Gasteiger partial charge in [0, 0.05) is 13.1 Å². The van der Waals surface area contributed by atoms with E-state index in [0.29, 0.717) is 25.9 Å². The molecule has 2 aliphatic rings. The van der Waals surface area contributed by atoms with Gasteiger partial charge in [0.15, 0.2) is 0 Å². The highest BCUT2D eigenvalue weighted by Gasteiger charge is 2.52. The van der Waals surface area contributed by atoms with Gasteiger partial charge >= 0.3 is 6.03 Å². The Bertz CT molecular complexity index is 989. The zero-order valence-electron chi connectivity index (χ0n) is 16.9. The maximum atomic E-state index is 13.2. The average molecular weight is 412 g/mol. The van der Waals surface area contributed by atoms with Gasteiger partial charge in [-0.05, 0) is 61.7 Å². The molecular formula is C22H25N3O3S. The van der Waals surface area contributed by atoms with Crippen LogP contribution in [0.4, 0.5) is 4.79 Å². The smallest absolute Gasteiger partial charge is 0.325 e. The molecule has 3 heterocycles. The number of rotatable bonds is 3. The lowest BCUT2D eigenvalue weighted by Gasteiger charge is -2.37. The minimum atomic E-state index is -0.893. The van der Waals surface area contributed by atoms with Crippen LogP contribution in [0.5, 0.6) is 0 Å². The summed E-state index contributed by atoms with van der Waals surface area (Å²) < 4.78 is 0. The van der Waals surface area contributed by atoms with Gasteiger partial charge in [-0.25, -0.2) is 4.79 Å². The molecule has 2 fully saturated rings. The number of likely N-dealkylation sites (tertiary alicyclic amines) is 1. The van der Waals surface area contributed by atoms with E-state index < -0.39 is 5.54 Å². The van der Waals surface area contributed by atoms with Crippen molar-refractivity contribution in [2.75, 3.05) is 13.1 Å². The van der Waals surface area contributed by atoms with Crippen molar-refractivity contribution in [1.29, 1.82) is 0 Å². The summed E-state index contributed by atoms with van der Waals surface area (Å²) in [6.07, 6.45) is 0.883. The highest BCUT2D eigenvalue weighted by molar-refractivity contribution is 7.12. The number of imide groups is 1. The summed E-state index contributed by atoms with van der Waals surface area (Å²) in [5, 5.41) is 4.85. The lowest BCUT2D eigenvalue weighted by molar-refractivity contribution is -0.133. The third-order valence-corrected chi connectivity index (χ3v) is 7.04. The van der Waals surface area contributed by atoms with E-state index in [0.717, 1.165) is 27.1 Å². The van der Waals surface area contributed by atoms with Crippen LogP contribution in [0.25, 0.3) is 0 Å². The summed E-state index contributed by atoms with van der Waals surface area (Å²) in [6, 6.07) is 7.65. The van der Waals surface area contributed by atoms with Gasteiger partial charge in [0.2, 0.25) is 0 Å². The van der Waals surface area contributed by atoms with Crippen LogP contribution in [0, 0.1) is 20.8 Å². The van der Waals surface area contributed by atoms with Crippen LogP contribution in [0.1, 0.15) is 44.8 Å². The van der Waals surface area contributed by atoms with Gasteiger partial charge in [-0.1, -0.05) is 23.8 Å². The maximum absolute atomic E-state index is 13.2. The molecule has 0 aliphatic carbocycles. The molecule has 0 unspecified atom stereocenters. The van der Waals surface area contributed by atoms with E-state index in [1.807, 2.05) is 50.4 Å². The van der Waals surface area contributed by atoms with Crippen LogP contribution >= 0.6 is 11.3 Å². The molecule has 1 spiro atoms. The molecule has 1 aromatic carbocycles. The van der Waals surface area contributed by atoms with E-state index in [-0.39, 0.29) is 24.4 Å². The molecule has 0 radical (unpaired) electrons. The molecule has 7 heteroatoms. The number of urea groups is 1. The first-order valence-electron chi connectivity index (χ1n) is 9.84. The quantitative estimate of drug-likeness (QED) is 0.787. The molecule has 6 nitrogen and oxygen atoms in total. The summed E-state index contributed by atoms with van der Waals surface area (Å²) in [7, 11) is 0. The summed E-state index contributed by atoms with van der Waals surface area (Å²) in [6.45, 7) is 7.11. The van der Waals surface area contributed by atoms with Gasteiger partial charge in [0.1, 0.15) is 5.54 Å². The van der Waals surface area contributed by atoms with Crippen molar-refractivity contribution in [2.45, 2.75) is 45.7 Å². The van der Waals surface area contributed by atoms with Gasteiger partial charge in [-0.15, -0.1) is 11.3 Å². The Labute approximate surface area is 174 Å². The van der Waals surface area contributed by atoms with Gasteiger partial charge in [0.05, 0.1) is 11.4 Å². The van der Waals surface area contributed by atoms with Crippen LogP contribution in [0.15, 0.2) is 29.6 Å². The Morgan fingerprint density at radius 3 is 2.48 bits per heavy atom. The minimum Gasteiger partial charge on any atom is -0.338 e. The second kappa shape index (κ2) is 7.30. The van der Waals surface area contributed by atoms with Crippen LogP contribution in [0.2, 0.25) is 0 Å². The van der Waals surface area contributed by atoms with Crippen LogP contribution in [-0.2, 0) is 11.3 Å². The topological polar surface area (TPSA) is 69.7 Å². The first-order chi connectivity index (χ1) is 13.8. The third-order valence-electron chi connectivity index (χ3n) is 6.04. The molecule has 0 atom stereocenters. The Kier molecular flexibility index (Phi) is 4.94. The first-order valence-corrected chi connectivity index (χ1v) is 10.7. The van der Waals surface area contributed by atoms with Crippen LogP contribution < -0.4 is 5.32 Å². The third kappa shape index (κ3) is 3.44. The van der Waals surface area contributed by atoms with E-state index in [9.17, 15) is 14.4 Å². The van der Waals surface area contributed by atoms with E-state index in [4.69, 9.17) is 0 Å². The molecule has 1 N–H and O–H groups in total. The maximum Gasteiger partial charge on any atom is 0.325 e. The molecule has 2 saturated heterocycles. The molecular weight excluding hydrogens is 386 g/mol. The Balaban J connectivity index is 1.47. The molecule has 152 valence electrons. The monoisotopic (exact) mass is 411 g/mol. The highest BCUT2D eigenvalue weighted by atomic mass is 32.1. The van der Waals surface area contributed by atoms with Gasteiger partial charge in [0.25, 0.3) is 11.8 Å². The second-order valence-electron chi connectivity index (χ2n) is 8.06. The Morgan fingerprint density at radius 2 is 1.83 bits per heavy atom. The van der Waals surface area contributed by atoms with Crippen LogP contribution in [0.3, 0.4) is 0 Å². The molecule has 0 saturated carbocycles. The first kappa shape index (κ1) is 19.6. The Hall–Kier alpha value is -2.67. The largest absolute Gasteiger partial charge is 0.338 e. The number of nitrogens with one attached hydrogen (secondary N) is 1. The second-order valence-corrected chi connectivity index (χ2v) is 8.97. The fourth-order valence-electron chi connectivity index (χ4n) is 4.13. The number of benzene rings is 1. The van der Waals surface area contributed by atoms with Crippen molar-refractivity contribution in [2.24, 2.45) is 0 Å². The number of piperidine rings is 1. The van der Waals surface area contributed by atoms with Crippen molar-refractivity contribution in [1.82, 2.24) is 15.1 Å². The summed E-state index contributed by atoms with van der Waals surface area (Å²) in [4.78, 5) is 42.4. The van der Waals surface area contributed by atoms with Gasteiger partial charge < -0.3 is 10.2 Å². The van der Waals surface area contributed by atoms with E-state index in [2.05, 4.69) is 5.32 Å². The zero-order chi connectivity index (χ0) is 20.8. The molecule has 4 amide bonds. The lowest BCUT2D eigenvalue weighted by Crippen LogP contribution is -2.55. The average Bonchev–Trinajstić information content (AvgIpc) is 3.22. The standard InChI is InChI=1S/C22H25N3O3S/c1-14-4-5-15(2)17(12-14)13-25-20(27)22(23-21(25)28)7-9-24(10-8-22)19(26)18-16(3)6-11-29-18/h4-6,11-12H,7-10,13H2,1-3H3,(H,23,28). The van der Waals surface area contributed by atoms with E-state index >= 15 is 0 Å². The summed E-state index contributed by atoms with van der Waals surface area (Å²) in [5.74, 6) is -0.167. The van der Waals surface area contributed by atoms with E-state index in [1.54, 1.807) is 4.90 Å². The van der Waals surface area contributed by atoms with Crippen molar-refractivity contribution in [3.05, 3.63) is 56.8 Å². The van der Waals surface area contributed by atoms with Gasteiger partial charge in [-0.2, -0.15) is 0 Å². The number of aryl methyl sites for hydroxylation is 3. The normalized spacial score (nSPS) is 18.4. The number of amides is 4. The fourth-order valence-corrected chi connectivity index (χ4v) is 5.02. The minimum absolute atomic E-state index is 0.0105. The molecule has 29 heavy (non-hydrogen) atoms. The molecule has 4 rings (SSSR count). The molecule has 2 aliphatic heterocycles. The fraction of sp³-hybridized carbons (Fsp3) is 0.409. The predicted octanol–water partition coefficient (Wildman–Crippen LogP) is 3.40. The van der Waals surface area contributed by atoms with Crippen molar-refractivity contribution in [3.63, 3.8) is 0 Å². The Morgan fingerprint density at radius 1 is 1.10 bits per heavy atom. The van der Waals surface area contributed by atoms with Gasteiger partial charge in [-0.3, -0.25) is 14.5 Å². The number of hydrogen-bond donors (Lipinski definition) is 1. The highest BCUT2D eigenvalue weighted by Crippen LogP contribution is 2.32. The lowest BCUT2D eigenvalue weighted by atomic mass is 9.87. The molecule has 0 bridgehead atoms.